The smallest absolute Gasteiger partial charge is 0.221 e. The predicted molar refractivity (Wildman–Crippen MR) is 99.3 cm³/mol. The van der Waals surface area contributed by atoms with Crippen molar-refractivity contribution >= 4 is 22.8 Å². The highest BCUT2D eigenvalue weighted by molar-refractivity contribution is 5.87. The second-order valence-electron chi connectivity index (χ2n) is 5.91. The van der Waals surface area contributed by atoms with Crippen LogP contribution in [0.4, 0.5) is 10.2 Å². The number of rotatable bonds is 8. The van der Waals surface area contributed by atoms with Crippen LogP contribution in [0.2, 0.25) is 0 Å². The maximum Gasteiger partial charge on any atom is 0.221 e. The van der Waals surface area contributed by atoms with Crippen molar-refractivity contribution in [1.82, 2.24) is 25.1 Å². The second-order valence-corrected chi connectivity index (χ2v) is 5.91. The molecule has 0 aliphatic carbocycles. The van der Waals surface area contributed by atoms with Gasteiger partial charge in [-0.1, -0.05) is 0 Å². The molecule has 2 aromatic heterocycles. The molecule has 0 aliphatic heterocycles. The highest BCUT2D eigenvalue weighted by Gasteiger charge is 2.13. The number of carbonyl (C=O) groups is 1. The molecule has 9 heteroatoms. The molecule has 0 unspecified atom stereocenters. The molecule has 0 aliphatic rings. The highest BCUT2D eigenvalue weighted by atomic mass is 19.1. The van der Waals surface area contributed by atoms with E-state index in [1.54, 1.807) is 37.0 Å². The first kappa shape index (κ1) is 18.7. The van der Waals surface area contributed by atoms with E-state index in [2.05, 4.69) is 25.7 Å². The van der Waals surface area contributed by atoms with Gasteiger partial charge in [-0.05, 0) is 31.2 Å². The molecule has 2 N–H and O–H groups in total. The van der Waals surface area contributed by atoms with E-state index in [-0.39, 0.29) is 11.7 Å². The van der Waals surface area contributed by atoms with E-state index in [1.165, 1.54) is 12.1 Å². The largest absolute Gasteiger partial charge is 0.383 e. The molecule has 1 amide bonds. The molecule has 142 valence electrons. The molecule has 0 bridgehead atoms. The lowest BCUT2D eigenvalue weighted by Gasteiger charge is -2.09. The number of carbonyl (C=O) groups excluding carboxylic acids is 1. The summed E-state index contributed by atoms with van der Waals surface area (Å²) in [6.07, 6.45) is 1.96. The number of aryl methyl sites for hydroxylation is 1. The number of ether oxygens (including phenoxy) is 1. The van der Waals surface area contributed by atoms with Gasteiger partial charge in [0.05, 0.1) is 23.9 Å². The van der Waals surface area contributed by atoms with Crippen LogP contribution in [0.25, 0.3) is 16.7 Å². The molecule has 0 saturated heterocycles. The molecule has 3 rings (SSSR count). The molecule has 3 aromatic rings. The molecule has 0 saturated carbocycles. The van der Waals surface area contributed by atoms with Crippen molar-refractivity contribution in [2.24, 2.45) is 0 Å². The number of benzene rings is 1. The summed E-state index contributed by atoms with van der Waals surface area (Å²) in [4.78, 5) is 20.6. The average molecular weight is 372 g/mol. The molecule has 2 heterocycles. The van der Waals surface area contributed by atoms with E-state index in [0.29, 0.717) is 49.1 Å². The van der Waals surface area contributed by atoms with Crippen molar-refractivity contribution in [3.8, 4) is 5.69 Å². The summed E-state index contributed by atoms with van der Waals surface area (Å²) in [7, 11) is 1.59. The number of aromatic nitrogens is 4. The number of nitrogens with one attached hydrogen (secondary N) is 2. The van der Waals surface area contributed by atoms with Crippen molar-refractivity contribution in [2.45, 2.75) is 13.3 Å². The van der Waals surface area contributed by atoms with Crippen LogP contribution in [-0.2, 0) is 9.53 Å². The van der Waals surface area contributed by atoms with Gasteiger partial charge in [-0.25, -0.2) is 19.0 Å². The third kappa shape index (κ3) is 4.56. The van der Waals surface area contributed by atoms with Gasteiger partial charge in [-0.2, -0.15) is 5.10 Å². The van der Waals surface area contributed by atoms with Crippen LogP contribution in [0.15, 0.2) is 30.5 Å². The summed E-state index contributed by atoms with van der Waals surface area (Å²) in [6.45, 7) is 3.17. The zero-order valence-electron chi connectivity index (χ0n) is 15.2. The van der Waals surface area contributed by atoms with Crippen molar-refractivity contribution in [3.63, 3.8) is 0 Å². The maximum atomic E-state index is 13.2. The molecule has 8 nitrogen and oxygen atoms in total. The van der Waals surface area contributed by atoms with Crippen molar-refractivity contribution in [1.29, 1.82) is 0 Å². The summed E-state index contributed by atoms with van der Waals surface area (Å²) in [5.74, 6) is 0.796. The minimum Gasteiger partial charge on any atom is -0.383 e. The van der Waals surface area contributed by atoms with Crippen molar-refractivity contribution < 1.29 is 13.9 Å². The van der Waals surface area contributed by atoms with Gasteiger partial charge in [-0.3, -0.25) is 4.79 Å². The quantitative estimate of drug-likeness (QED) is 0.586. The Morgan fingerprint density at radius 3 is 2.74 bits per heavy atom. The molecular formula is C18H21FN6O2. The lowest BCUT2D eigenvalue weighted by molar-refractivity contribution is -0.121. The first-order chi connectivity index (χ1) is 13.1. The Morgan fingerprint density at radius 1 is 1.22 bits per heavy atom. The van der Waals surface area contributed by atoms with Crippen LogP contribution in [0.1, 0.15) is 12.2 Å². The Morgan fingerprint density at radius 2 is 2.00 bits per heavy atom. The van der Waals surface area contributed by atoms with E-state index < -0.39 is 0 Å². The number of hydrogen-bond acceptors (Lipinski definition) is 6. The number of methoxy groups -OCH3 is 1. The maximum absolute atomic E-state index is 13.2. The number of nitrogens with zero attached hydrogens (tertiary/aromatic N) is 4. The molecule has 1 aromatic carbocycles. The van der Waals surface area contributed by atoms with Gasteiger partial charge in [0.2, 0.25) is 5.91 Å². The number of fused-ring (bicyclic) bond motifs is 1. The third-order valence-corrected chi connectivity index (χ3v) is 3.88. The van der Waals surface area contributed by atoms with E-state index >= 15 is 0 Å². The second kappa shape index (κ2) is 8.54. The Labute approximate surface area is 155 Å². The minimum absolute atomic E-state index is 0.0661. The lowest BCUT2D eigenvalue weighted by atomic mass is 10.3. The Kier molecular flexibility index (Phi) is 5.92. The van der Waals surface area contributed by atoms with Gasteiger partial charge in [0.25, 0.3) is 0 Å². The van der Waals surface area contributed by atoms with Gasteiger partial charge < -0.3 is 15.4 Å². The molecular weight excluding hydrogens is 351 g/mol. The molecule has 0 radical (unpaired) electrons. The lowest BCUT2D eigenvalue weighted by Crippen LogP contribution is -2.28. The van der Waals surface area contributed by atoms with Crippen molar-refractivity contribution in [2.75, 3.05) is 32.1 Å². The van der Waals surface area contributed by atoms with Gasteiger partial charge in [-0.15, -0.1) is 0 Å². The number of amides is 1. The zero-order valence-corrected chi connectivity index (χ0v) is 15.2. The van der Waals surface area contributed by atoms with Crippen LogP contribution in [-0.4, -0.2) is 52.5 Å². The topological polar surface area (TPSA) is 94.0 Å². The van der Waals surface area contributed by atoms with E-state index in [9.17, 15) is 9.18 Å². The number of anilines is 1. The third-order valence-electron chi connectivity index (χ3n) is 3.88. The van der Waals surface area contributed by atoms with Crippen LogP contribution in [0.3, 0.4) is 0 Å². The van der Waals surface area contributed by atoms with Crippen molar-refractivity contribution in [3.05, 3.63) is 42.1 Å². The standard InChI is InChI=1S/C18H21FN6O2/c1-12-23-17(21-8-7-16(26)20-9-10-27-2)15-11-22-25(18(15)24-12)14-5-3-13(19)4-6-14/h3-6,11H,7-10H2,1-2H3,(H,20,26)(H,21,23,24). The fourth-order valence-electron chi connectivity index (χ4n) is 2.60. The summed E-state index contributed by atoms with van der Waals surface area (Å²) in [5.41, 5.74) is 1.31. The van der Waals surface area contributed by atoms with Crippen LogP contribution < -0.4 is 10.6 Å². The van der Waals surface area contributed by atoms with Gasteiger partial charge >= 0.3 is 0 Å². The van der Waals surface area contributed by atoms with E-state index in [1.807, 2.05) is 0 Å². The first-order valence-corrected chi connectivity index (χ1v) is 8.56. The van der Waals surface area contributed by atoms with E-state index in [0.717, 1.165) is 5.39 Å². The summed E-state index contributed by atoms with van der Waals surface area (Å²) in [6, 6.07) is 6.02. The average Bonchev–Trinajstić information content (AvgIpc) is 3.06. The Balaban J connectivity index is 1.75. The normalized spacial score (nSPS) is 10.9. The van der Waals surface area contributed by atoms with Gasteiger partial charge in [0, 0.05) is 26.6 Å². The van der Waals surface area contributed by atoms with Crippen LogP contribution >= 0.6 is 0 Å². The van der Waals surface area contributed by atoms with Gasteiger partial charge in [0.15, 0.2) is 5.65 Å². The minimum atomic E-state index is -0.313. The summed E-state index contributed by atoms with van der Waals surface area (Å²) < 4.78 is 19.7. The molecule has 0 spiro atoms. The van der Waals surface area contributed by atoms with Crippen LogP contribution in [0, 0.1) is 12.7 Å². The monoisotopic (exact) mass is 372 g/mol. The summed E-state index contributed by atoms with van der Waals surface area (Å²) in [5, 5.41) is 11.0. The highest BCUT2D eigenvalue weighted by Crippen LogP contribution is 2.22. The number of halogens is 1. The summed E-state index contributed by atoms with van der Waals surface area (Å²) >= 11 is 0. The molecule has 27 heavy (non-hydrogen) atoms. The SMILES string of the molecule is COCCNC(=O)CCNc1nc(C)nc2c1cnn2-c1ccc(F)cc1. The predicted octanol–water partition coefficient (Wildman–Crippen LogP) is 1.83. The number of hydrogen-bond donors (Lipinski definition) is 2. The van der Waals surface area contributed by atoms with Crippen LogP contribution in [0.5, 0.6) is 0 Å². The Bertz CT molecular complexity index is 925. The first-order valence-electron chi connectivity index (χ1n) is 8.56. The Hall–Kier alpha value is -3.07. The van der Waals surface area contributed by atoms with Gasteiger partial charge in [0.1, 0.15) is 17.5 Å². The zero-order chi connectivity index (χ0) is 19.2. The molecule has 0 atom stereocenters. The van der Waals surface area contributed by atoms with E-state index in [4.69, 9.17) is 4.74 Å². The fourth-order valence-corrected chi connectivity index (χ4v) is 2.60. The molecule has 0 fully saturated rings. The fraction of sp³-hybridized carbons (Fsp3) is 0.333.